The Morgan fingerprint density at radius 1 is 1.05 bits per heavy atom. The summed E-state index contributed by atoms with van der Waals surface area (Å²) in [6.45, 7) is 3.66. The number of aromatic nitrogens is 1. The Bertz CT molecular complexity index is 1390. The Hall–Kier alpha value is -4.47. The van der Waals surface area contributed by atoms with Gasteiger partial charge in [0.1, 0.15) is 18.0 Å². The van der Waals surface area contributed by atoms with E-state index in [1.807, 2.05) is 68.4 Å². The number of nitrogens with zero attached hydrogens (tertiary/aromatic N) is 3. The van der Waals surface area contributed by atoms with Crippen LogP contribution in [0.2, 0.25) is 0 Å². The molecule has 198 valence electrons. The molecule has 0 spiro atoms. The van der Waals surface area contributed by atoms with Gasteiger partial charge in [0.15, 0.2) is 5.69 Å². The van der Waals surface area contributed by atoms with Crippen molar-refractivity contribution < 1.29 is 28.5 Å². The van der Waals surface area contributed by atoms with E-state index in [-0.39, 0.29) is 29.4 Å². The minimum atomic E-state index is -0.963. The molecule has 3 aromatic rings. The zero-order valence-electron chi connectivity index (χ0n) is 21.4. The van der Waals surface area contributed by atoms with Crippen LogP contribution in [0.5, 0.6) is 11.5 Å². The van der Waals surface area contributed by atoms with Crippen LogP contribution in [0.4, 0.5) is 4.79 Å². The highest BCUT2D eigenvalue weighted by Crippen LogP contribution is 2.41. The van der Waals surface area contributed by atoms with Crippen LogP contribution in [0.15, 0.2) is 71.7 Å². The molecule has 0 saturated carbocycles. The molecule has 0 unspecified atom stereocenters. The Morgan fingerprint density at radius 3 is 2.53 bits per heavy atom. The van der Waals surface area contributed by atoms with Crippen molar-refractivity contribution in [3.63, 3.8) is 0 Å². The van der Waals surface area contributed by atoms with E-state index in [4.69, 9.17) is 14.2 Å². The molecule has 10 nitrogen and oxygen atoms in total. The quantitative estimate of drug-likeness (QED) is 0.372. The molecule has 3 heterocycles. The average Bonchev–Trinajstić information content (AvgIpc) is 2.91. The Morgan fingerprint density at radius 2 is 1.79 bits per heavy atom. The van der Waals surface area contributed by atoms with Crippen molar-refractivity contribution in [1.82, 2.24) is 9.58 Å². The Kier molecular flexibility index (Phi) is 6.95. The number of rotatable bonds is 5. The summed E-state index contributed by atoms with van der Waals surface area (Å²) in [4.78, 5) is 40.2. The predicted octanol–water partition coefficient (Wildman–Crippen LogP) is 3.67. The summed E-state index contributed by atoms with van der Waals surface area (Å²) < 4.78 is 22.8. The van der Waals surface area contributed by atoms with Crippen molar-refractivity contribution in [2.45, 2.75) is 38.5 Å². The Labute approximate surface area is 219 Å². The second-order valence-electron chi connectivity index (χ2n) is 9.22. The normalized spacial score (nSPS) is 18.4. The van der Waals surface area contributed by atoms with Crippen LogP contribution < -0.4 is 19.9 Å². The van der Waals surface area contributed by atoms with Crippen LogP contribution in [-0.4, -0.2) is 54.4 Å². The SMILES string of the molecule is COC(=O)OCOc1c2n(ccc1=O)N1[C@@H](c3ccccc3)c3ccccc3OCC[C@@H]1N(C(C)C)C2=O. The maximum absolute atomic E-state index is 14.0. The lowest BCUT2D eigenvalue weighted by molar-refractivity contribution is 0.0123. The van der Waals surface area contributed by atoms with E-state index in [9.17, 15) is 14.4 Å². The number of ether oxygens (including phenoxy) is 4. The first-order valence-electron chi connectivity index (χ1n) is 12.4. The molecule has 10 heteroatoms. The molecule has 2 aromatic carbocycles. The highest BCUT2D eigenvalue weighted by molar-refractivity contribution is 5.97. The molecule has 38 heavy (non-hydrogen) atoms. The van der Waals surface area contributed by atoms with Gasteiger partial charge in [-0.25, -0.2) is 4.79 Å². The predicted molar refractivity (Wildman–Crippen MR) is 138 cm³/mol. The lowest BCUT2D eigenvalue weighted by Gasteiger charge is -2.52. The summed E-state index contributed by atoms with van der Waals surface area (Å²) in [6, 6.07) is 18.5. The lowest BCUT2D eigenvalue weighted by Crippen LogP contribution is -2.64. The van der Waals surface area contributed by atoms with Crippen molar-refractivity contribution in [3.05, 3.63) is 93.9 Å². The van der Waals surface area contributed by atoms with Crippen molar-refractivity contribution in [1.29, 1.82) is 0 Å². The largest absolute Gasteiger partial charge is 0.510 e. The van der Waals surface area contributed by atoms with E-state index in [0.717, 1.165) is 16.9 Å². The van der Waals surface area contributed by atoms with Gasteiger partial charge >= 0.3 is 6.16 Å². The number of fused-ring (bicyclic) bond motifs is 4. The number of carbonyl (C=O) groups is 2. The fraction of sp³-hybridized carbons (Fsp3) is 0.321. The second-order valence-corrected chi connectivity index (χ2v) is 9.22. The molecule has 2 atom stereocenters. The maximum atomic E-state index is 14.0. The van der Waals surface area contributed by atoms with Crippen molar-refractivity contribution >= 4 is 12.1 Å². The van der Waals surface area contributed by atoms with Gasteiger partial charge in [-0.05, 0) is 25.5 Å². The molecule has 0 bridgehead atoms. The van der Waals surface area contributed by atoms with Crippen molar-refractivity contribution in [2.24, 2.45) is 0 Å². The van der Waals surface area contributed by atoms with Crippen LogP contribution >= 0.6 is 0 Å². The zero-order valence-corrected chi connectivity index (χ0v) is 21.4. The first-order chi connectivity index (χ1) is 18.4. The van der Waals surface area contributed by atoms with Gasteiger partial charge < -0.3 is 23.8 Å². The van der Waals surface area contributed by atoms with Gasteiger partial charge in [-0.2, -0.15) is 0 Å². The molecule has 0 saturated heterocycles. The Balaban J connectivity index is 1.74. The van der Waals surface area contributed by atoms with Gasteiger partial charge in [-0.1, -0.05) is 48.5 Å². The zero-order chi connectivity index (χ0) is 26.8. The molecular formula is C28H29N3O7. The molecule has 5 rings (SSSR count). The second kappa shape index (κ2) is 10.5. The minimum absolute atomic E-state index is 0.0517. The van der Waals surface area contributed by atoms with Gasteiger partial charge in [0, 0.05) is 30.3 Å². The van der Waals surface area contributed by atoms with Crippen molar-refractivity contribution in [3.8, 4) is 11.5 Å². The molecule has 0 radical (unpaired) electrons. The summed E-state index contributed by atoms with van der Waals surface area (Å²) in [5.74, 6) is 0.176. The van der Waals surface area contributed by atoms with Gasteiger partial charge in [-0.15, -0.1) is 0 Å². The number of amides is 1. The number of hydrogen-bond donors (Lipinski definition) is 0. The summed E-state index contributed by atoms with van der Waals surface area (Å²) in [7, 11) is 1.17. The number of carbonyl (C=O) groups excluding carboxylic acids is 2. The van der Waals surface area contributed by atoms with Gasteiger partial charge in [0.25, 0.3) is 5.91 Å². The third-order valence-electron chi connectivity index (χ3n) is 6.68. The first-order valence-corrected chi connectivity index (χ1v) is 12.4. The molecular weight excluding hydrogens is 490 g/mol. The third kappa shape index (κ3) is 4.42. The first kappa shape index (κ1) is 25.2. The number of para-hydroxylation sites is 1. The van der Waals surface area contributed by atoms with Crippen LogP contribution in [0.3, 0.4) is 0 Å². The van der Waals surface area contributed by atoms with E-state index >= 15 is 0 Å². The molecule has 1 amide bonds. The van der Waals surface area contributed by atoms with E-state index in [1.165, 1.54) is 13.2 Å². The van der Waals surface area contributed by atoms with Crippen LogP contribution in [-0.2, 0) is 9.47 Å². The number of methoxy groups -OCH3 is 1. The highest BCUT2D eigenvalue weighted by Gasteiger charge is 2.45. The molecule has 0 fully saturated rings. The van der Waals surface area contributed by atoms with Crippen LogP contribution in [0, 0.1) is 0 Å². The summed E-state index contributed by atoms with van der Waals surface area (Å²) in [5.41, 5.74) is 1.44. The minimum Gasteiger partial charge on any atom is -0.493 e. The van der Waals surface area contributed by atoms with Crippen LogP contribution in [0.25, 0.3) is 0 Å². The van der Waals surface area contributed by atoms with Gasteiger partial charge in [0.2, 0.25) is 18.0 Å². The van der Waals surface area contributed by atoms with Gasteiger partial charge in [0.05, 0.1) is 13.7 Å². The number of pyridine rings is 1. The summed E-state index contributed by atoms with van der Waals surface area (Å²) >= 11 is 0. The fourth-order valence-corrected chi connectivity index (χ4v) is 5.13. The molecule has 2 aliphatic heterocycles. The fourth-order valence-electron chi connectivity index (χ4n) is 5.13. The van der Waals surface area contributed by atoms with E-state index in [1.54, 1.807) is 15.8 Å². The monoisotopic (exact) mass is 519 g/mol. The topological polar surface area (TPSA) is 99.5 Å². The summed E-state index contributed by atoms with van der Waals surface area (Å²) in [6.07, 6.45) is 0.759. The van der Waals surface area contributed by atoms with Gasteiger partial charge in [-0.3, -0.25) is 19.3 Å². The third-order valence-corrected chi connectivity index (χ3v) is 6.68. The smallest absolute Gasteiger partial charge is 0.493 e. The van der Waals surface area contributed by atoms with E-state index in [0.29, 0.717) is 13.0 Å². The lowest BCUT2D eigenvalue weighted by atomic mass is 9.95. The molecule has 0 N–H and O–H groups in total. The molecule has 2 aliphatic rings. The standard InChI is InChI=1S/C28H29N3O7/c1-18(2)30-23-14-16-36-22-12-8-7-11-20(22)24(19-9-5-4-6-10-19)31(23)29-15-13-21(32)26(25(29)27(30)33)37-17-38-28(34)35-3/h4-13,15,18,23-24H,14,16-17H2,1-3H3/t23-,24+/m1/s1. The molecule has 0 aliphatic carbocycles. The number of benzene rings is 2. The van der Waals surface area contributed by atoms with Crippen LogP contribution in [0.1, 0.15) is 47.9 Å². The van der Waals surface area contributed by atoms with Crippen molar-refractivity contribution in [2.75, 3.05) is 25.5 Å². The summed E-state index contributed by atoms with van der Waals surface area (Å²) in [5, 5.41) is 2.10. The highest BCUT2D eigenvalue weighted by atomic mass is 16.8. The van der Waals surface area contributed by atoms with E-state index in [2.05, 4.69) is 9.75 Å². The average molecular weight is 520 g/mol. The number of hydrogen-bond acceptors (Lipinski definition) is 8. The maximum Gasteiger partial charge on any atom is 0.510 e. The molecule has 1 aromatic heterocycles. The van der Waals surface area contributed by atoms with E-state index < -0.39 is 24.5 Å².